The molecule has 0 aromatic heterocycles. The van der Waals surface area contributed by atoms with E-state index in [0.29, 0.717) is 0 Å². The molecular formula is C46H29AlB4N2O2. The summed E-state index contributed by atoms with van der Waals surface area (Å²) >= 11 is -2.13. The van der Waals surface area contributed by atoms with Gasteiger partial charge in [0.1, 0.15) is 0 Å². The highest BCUT2D eigenvalue weighted by Crippen LogP contribution is 2.56. The Morgan fingerprint density at radius 3 is 1.36 bits per heavy atom. The largest absolute Gasteiger partial charge is 0.453 e. The molecule has 55 heavy (non-hydrogen) atoms. The molecule has 0 bridgehead atoms. The Labute approximate surface area is 325 Å². The summed E-state index contributed by atoms with van der Waals surface area (Å²) in [4.78, 5) is 5.39. The van der Waals surface area contributed by atoms with Crippen LogP contribution in [-0.4, -0.2) is 41.0 Å². The van der Waals surface area contributed by atoms with Gasteiger partial charge in [-0.1, -0.05) is 139 Å². The summed E-state index contributed by atoms with van der Waals surface area (Å²) in [7, 11) is 0. The molecular weight excluding hydrogens is 683 g/mol. The van der Waals surface area contributed by atoms with Crippen molar-refractivity contribution in [3.05, 3.63) is 114 Å². The highest BCUT2D eigenvalue weighted by molar-refractivity contribution is 7.13. The van der Waals surface area contributed by atoms with Gasteiger partial charge in [-0.3, -0.25) is 0 Å². The van der Waals surface area contributed by atoms with Gasteiger partial charge in [0, 0.05) is 11.4 Å². The lowest BCUT2D eigenvalue weighted by Gasteiger charge is -2.54. The number of benzene rings is 7. The summed E-state index contributed by atoms with van der Waals surface area (Å²) in [6, 6.07) is 40.1. The smallest absolute Gasteiger partial charge is 0.397 e. The number of anilines is 6. The number of nitrogens with zero attached hydrogens (tertiary/aromatic N) is 2. The van der Waals surface area contributed by atoms with E-state index >= 15 is 0 Å². The Kier molecular flexibility index (Phi) is 4.80. The number of hydrogen-bond acceptors (Lipinski definition) is 4. The number of aryl methyl sites for hydroxylation is 2. The topological polar surface area (TPSA) is 24.9 Å². The highest BCUT2D eigenvalue weighted by Gasteiger charge is 2.58. The number of fused-ring (bicyclic) bond motifs is 8. The van der Waals surface area contributed by atoms with Gasteiger partial charge < -0.3 is 19.3 Å². The summed E-state index contributed by atoms with van der Waals surface area (Å²) in [5, 5.41) is 0. The van der Waals surface area contributed by atoms with E-state index in [1.54, 1.807) is 4.43 Å². The van der Waals surface area contributed by atoms with E-state index in [9.17, 15) is 0 Å². The van der Waals surface area contributed by atoms with Crippen molar-refractivity contribution < 1.29 is 9.47 Å². The molecule has 0 radical (unpaired) electrons. The lowest BCUT2D eigenvalue weighted by Crippen LogP contribution is -2.79. The molecule has 4 nitrogen and oxygen atoms in total. The molecule has 0 saturated heterocycles. The van der Waals surface area contributed by atoms with Crippen molar-refractivity contribution >= 4 is 143 Å². The first-order valence-electron chi connectivity index (χ1n) is 19.9. The number of rotatable bonds is 0. The summed E-state index contributed by atoms with van der Waals surface area (Å²) in [6.07, 6.45) is 0. The Morgan fingerprint density at radius 2 is 0.891 bits per heavy atom. The molecule has 0 N–H and O–H groups in total. The second-order valence-corrected chi connectivity index (χ2v) is 20.0. The third kappa shape index (κ3) is 3.02. The van der Waals surface area contributed by atoms with Gasteiger partial charge in [0.05, 0.1) is 22.7 Å². The molecule has 0 saturated carbocycles. The maximum atomic E-state index is 7.08. The van der Waals surface area contributed by atoms with Crippen LogP contribution in [0.3, 0.4) is 0 Å². The summed E-state index contributed by atoms with van der Waals surface area (Å²) < 4.78 is 18.7. The molecule has 15 rings (SSSR count). The zero-order valence-electron chi connectivity index (χ0n) is 30.9. The van der Waals surface area contributed by atoms with Crippen LogP contribution in [0.1, 0.15) is 11.1 Å². The second kappa shape index (κ2) is 9.14. The third-order valence-corrected chi connectivity index (χ3v) is 17.9. The maximum absolute atomic E-state index is 7.08. The van der Waals surface area contributed by atoms with Crippen molar-refractivity contribution in [2.24, 2.45) is 0 Å². The van der Waals surface area contributed by atoms with E-state index in [1.165, 1.54) is 109 Å². The summed E-state index contributed by atoms with van der Waals surface area (Å²) in [5.74, 6) is 3.92. The minimum Gasteiger partial charge on any atom is -0.453 e. The van der Waals surface area contributed by atoms with Crippen LogP contribution in [0, 0.1) is 13.8 Å². The molecule has 0 spiro atoms. The van der Waals surface area contributed by atoms with E-state index in [4.69, 9.17) is 9.47 Å². The fourth-order valence-electron chi connectivity index (χ4n) is 12.8. The number of hydrogen-bond donors (Lipinski definition) is 0. The molecule has 0 aliphatic carbocycles. The second-order valence-electron chi connectivity index (χ2n) is 17.3. The maximum Gasteiger partial charge on any atom is 0.397 e. The molecule has 0 amide bonds. The monoisotopic (exact) mass is 712 g/mol. The van der Waals surface area contributed by atoms with E-state index < -0.39 is 14.1 Å². The zero-order valence-corrected chi connectivity index (χ0v) is 32.1. The number of ether oxygens (including phenoxy) is 2. The minimum atomic E-state index is -2.13. The Morgan fingerprint density at radius 1 is 0.436 bits per heavy atom. The quantitative estimate of drug-likeness (QED) is 0.222. The highest BCUT2D eigenvalue weighted by atomic mass is 27.2. The van der Waals surface area contributed by atoms with Gasteiger partial charge in [0.2, 0.25) is 26.9 Å². The van der Waals surface area contributed by atoms with Crippen molar-refractivity contribution in [3.63, 3.8) is 0 Å². The van der Waals surface area contributed by atoms with Crippen molar-refractivity contribution in [1.29, 1.82) is 0 Å². The van der Waals surface area contributed by atoms with Crippen molar-refractivity contribution in [3.8, 4) is 23.0 Å². The van der Waals surface area contributed by atoms with E-state index in [2.05, 4.69) is 140 Å². The fourth-order valence-corrected chi connectivity index (χ4v) is 16.8. The standard InChI is InChI=1S/C46H29B4N2O2.Al/c1-25-13-17-35-41(21-25)53-39-19-15-31-43-45(39)51(35)37-24-38-34(23-33(37)49(43)29-11-7-5-9-27(29)47(31)3)50-30-12-8-6-10-28(30)48(4)32-16-20-40-46(44(32)50)52(38)36-18-14-26(2)22-42(36)54-40;/h5-16,19-23H,1-4H3;. The molecule has 9 heteroatoms. The van der Waals surface area contributed by atoms with Crippen LogP contribution in [0.2, 0.25) is 13.6 Å². The van der Waals surface area contributed by atoms with Crippen LogP contribution >= 0.6 is 0 Å². The lowest BCUT2D eigenvalue weighted by atomic mass is 9.20. The van der Waals surface area contributed by atoms with Gasteiger partial charge in [-0.2, -0.15) is 0 Å². The summed E-state index contributed by atoms with van der Waals surface area (Å²) in [6.45, 7) is 10.1. The molecule has 7 aromatic rings. The summed E-state index contributed by atoms with van der Waals surface area (Å²) in [5.41, 5.74) is 24.7. The molecule has 0 atom stereocenters. The van der Waals surface area contributed by atoms with Gasteiger partial charge in [-0.05, 0) is 71.1 Å². The van der Waals surface area contributed by atoms with Gasteiger partial charge in [-0.15, -0.1) is 0 Å². The molecule has 0 unspecified atom stereocenters. The van der Waals surface area contributed by atoms with Crippen LogP contribution in [0.25, 0.3) is 0 Å². The first-order valence-corrected chi connectivity index (χ1v) is 21.7. The van der Waals surface area contributed by atoms with Crippen LogP contribution in [0.4, 0.5) is 34.1 Å². The predicted octanol–water partition coefficient (Wildman–Crippen LogP) is 1.36. The minimum absolute atomic E-state index is 0.112. The Hall–Kier alpha value is -5.47. The SMILES string of the molecule is CB1c2ccccc2B2c3cc4c5[c]6c3N3c7c(cc(C)c[c]7[Al]6[c]6cc(C)cc7c6N5c5c(ccc6c5B4c4ccccc4B6C)O7)Oc4ccc1c2c43. The Bertz CT molecular complexity index is 2920. The van der Waals surface area contributed by atoms with E-state index in [1.807, 2.05) is 0 Å². The third-order valence-electron chi connectivity index (χ3n) is 14.7. The lowest BCUT2D eigenvalue weighted by molar-refractivity contribution is 0.477. The predicted molar refractivity (Wildman–Crippen MR) is 234 cm³/mol. The van der Waals surface area contributed by atoms with Gasteiger partial charge >= 0.3 is 14.1 Å². The molecule has 8 aliphatic rings. The Balaban J connectivity index is 1.18. The molecule has 7 aromatic carbocycles. The average Bonchev–Trinajstić information content (AvgIpc) is 3.19. The van der Waals surface area contributed by atoms with E-state index in [0.717, 1.165) is 23.0 Å². The van der Waals surface area contributed by atoms with Crippen molar-refractivity contribution in [1.82, 2.24) is 0 Å². The van der Waals surface area contributed by atoms with Crippen LogP contribution in [0.15, 0.2) is 103 Å². The average molecular weight is 712 g/mol. The first kappa shape index (κ1) is 28.9. The van der Waals surface area contributed by atoms with Gasteiger partial charge in [0.25, 0.3) is 0 Å². The van der Waals surface area contributed by atoms with Crippen LogP contribution < -0.4 is 87.2 Å². The normalized spacial score (nSPS) is 16.0. The zero-order chi connectivity index (χ0) is 35.9. The van der Waals surface area contributed by atoms with Crippen LogP contribution in [-0.2, 0) is 0 Å². The first-order chi connectivity index (χ1) is 27.0. The molecule has 8 aliphatic heterocycles. The van der Waals surface area contributed by atoms with E-state index in [-0.39, 0.29) is 26.9 Å². The van der Waals surface area contributed by atoms with Crippen LogP contribution in [0.5, 0.6) is 23.0 Å². The fraction of sp³-hybridized carbons (Fsp3) is 0.0870. The van der Waals surface area contributed by atoms with Crippen molar-refractivity contribution in [2.75, 3.05) is 9.80 Å². The molecule has 0 fully saturated rings. The van der Waals surface area contributed by atoms with Gasteiger partial charge in [0.15, 0.2) is 23.0 Å². The van der Waals surface area contributed by atoms with Crippen molar-refractivity contribution in [2.45, 2.75) is 27.5 Å². The van der Waals surface area contributed by atoms with Gasteiger partial charge in [-0.25, -0.2) is 0 Å². The molecule has 250 valence electrons. The molecule has 8 heterocycles.